The van der Waals surface area contributed by atoms with Gasteiger partial charge in [-0.2, -0.15) is 5.10 Å². The van der Waals surface area contributed by atoms with Crippen molar-refractivity contribution in [3.05, 3.63) is 12.0 Å². The number of rotatable bonds is 7. The summed E-state index contributed by atoms with van der Waals surface area (Å²) in [7, 11) is 3.89. The first-order chi connectivity index (χ1) is 10.0. The van der Waals surface area contributed by atoms with Gasteiger partial charge in [0.2, 0.25) is 0 Å². The number of aliphatic hydroxyl groups excluding tert-OH is 1. The Kier molecular flexibility index (Phi) is 5.08. The average Bonchev–Trinajstić information content (AvgIpc) is 2.79. The molecule has 1 unspecified atom stereocenters. The second kappa shape index (κ2) is 6.82. The summed E-state index contributed by atoms with van der Waals surface area (Å²) in [5.74, 6) is 1.59. The van der Waals surface area contributed by atoms with Gasteiger partial charge in [-0.1, -0.05) is 0 Å². The van der Waals surface area contributed by atoms with E-state index in [1.807, 2.05) is 21.0 Å². The highest BCUT2D eigenvalue weighted by Crippen LogP contribution is 2.19. The van der Waals surface area contributed by atoms with E-state index in [1.54, 1.807) is 17.8 Å². The molecular weight excluding hydrogens is 268 g/mol. The molecule has 2 aromatic rings. The van der Waals surface area contributed by atoms with Gasteiger partial charge in [-0.25, -0.2) is 9.97 Å². The molecule has 0 aliphatic rings. The average molecular weight is 292 g/mol. The normalized spacial score (nSPS) is 13.0. The Morgan fingerprint density at radius 1 is 1.43 bits per heavy atom. The van der Waals surface area contributed by atoms with Crippen LogP contribution in [-0.2, 0) is 13.6 Å². The number of nitrogens with one attached hydrogen (secondary N) is 1. The molecule has 116 valence electrons. The highest BCUT2D eigenvalue weighted by atomic mass is 16.3. The zero-order valence-electron chi connectivity index (χ0n) is 13.2. The minimum Gasteiger partial charge on any atom is -0.393 e. The second-order valence-corrected chi connectivity index (χ2v) is 5.40. The van der Waals surface area contributed by atoms with Crippen LogP contribution in [0, 0.1) is 0 Å². The van der Waals surface area contributed by atoms with E-state index in [1.165, 1.54) is 0 Å². The van der Waals surface area contributed by atoms with E-state index in [9.17, 15) is 5.11 Å². The zero-order chi connectivity index (χ0) is 15.4. The number of aryl methyl sites for hydroxylation is 1. The monoisotopic (exact) mass is 292 g/mol. The van der Waals surface area contributed by atoms with Crippen LogP contribution in [0.3, 0.4) is 0 Å². The number of aromatic nitrogens is 4. The van der Waals surface area contributed by atoms with E-state index in [2.05, 4.69) is 25.3 Å². The van der Waals surface area contributed by atoms with Crippen LogP contribution in [0.1, 0.15) is 26.1 Å². The lowest BCUT2D eigenvalue weighted by Gasteiger charge is -2.17. The largest absolute Gasteiger partial charge is 0.393 e. The molecule has 0 bridgehead atoms. The third-order valence-electron chi connectivity index (χ3n) is 3.32. The van der Waals surface area contributed by atoms with Crippen LogP contribution in [0.15, 0.2) is 6.20 Å². The van der Waals surface area contributed by atoms with E-state index < -0.39 is 0 Å². The number of nitrogens with zero attached hydrogens (tertiary/aromatic N) is 5. The minimum atomic E-state index is -0.287. The first-order valence-electron chi connectivity index (χ1n) is 7.30. The van der Waals surface area contributed by atoms with Gasteiger partial charge in [-0.3, -0.25) is 9.58 Å². The summed E-state index contributed by atoms with van der Waals surface area (Å²) in [4.78, 5) is 11.3. The first kappa shape index (κ1) is 15.7. The van der Waals surface area contributed by atoms with Crippen LogP contribution >= 0.6 is 0 Å². The van der Waals surface area contributed by atoms with Crippen LogP contribution < -0.4 is 5.32 Å². The summed E-state index contributed by atoms with van der Waals surface area (Å²) in [6.07, 6.45) is 2.24. The molecule has 0 aromatic carbocycles. The summed E-state index contributed by atoms with van der Waals surface area (Å²) in [6, 6.07) is 0. The molecule has 2 aromatic heterocycles. The van der Waals surface area contributed by atoms with Crippen molar-refractivity contribution in [3.8, 4) is 0 Å². The van der Waals surface area contributed by atoms with Crippen molar-refractivity contribution >= 4 is 16.9 Å². The van der Waals surface area contributed by atoms with Crippen LogP contribution in [0.2, 0.25) is 0 Å². The standard InChI is InChI=1S/C14H24N6O/c1-5-15-13-11-8-16-20(4)14(11)18-12(17-13)9-19(3)7-6-10(2)21/h8,10,21H,5-7,9H2,1-4H3,(H,15,17,18). The summed E-state index contributed by atoms with van der Waals surface area (Å²) < 4.78 is 1.76. The number of aliphatic hydroxyl groups is 1. The Morgan fingerprint density at radius 2 is 2.19 bits per heavy atom. The van der Waals surface area contributed by atoms with Gasteiger partial charge in [0.25, 0.3) is 0 Å². The van der Waals surface area contributed by atoms with Gasteiger partial charge < -0.3 is 10.4 Å². The molecule has 2 rings (SSSR count). The van der Waals surface area contributed by atoms with Gasteiger partial charge >= 0.3 is 0 Å². The summed E-state index contributed by atoms with van der Waals surface area (Å²) in [6.45, 7) is 6.10. The molecule has 0 aliphatic carbocycles. The predicted molar refractivity (Wildman–Crippen MR) is 83.1 cm³/mol. The molecule has 0 saturated heterocycles. The van der Waals surface area contributed by atoms with Crippen molar-refractivity contribution in [1.82, 2.24) is 24.6 Å². The van der Waals surface area contributed by atoms with Crippen LogP contribution in [-0.4, -0.2) is 56.0 Å². The highest BCUT2D eigenvalue weighted by Gasteiger charge is 2.12. The third-order valence-corrected chi connectivity index (χ3v) is 3.32. The molecule has 1 atom stereocenters. The summed E-state index contributed by atoms with van der Waals surface area (Å²) in [5, 5.41) is 17.8. The molecule has 0 radical (unpaired) electrons. The molecule has 2 heterocycles. The van der Waals surface area contributed by atoms with E-state index in [4.69, 9.17) is 0 Å². The smallest absolute Gasteiger partial charge is 0.163 e. The van der Waals surface area contributed by atoms with Crippen molar-refractivity contribution in [3.63, 3.8) is 0 Å². The van der Waals surface area contributed by atoms with Gasteiger partial charge in [-0.15, -0.1) is 0 Å². The minimum absolute atomic E-state index is 0.287. The van der Waals surface area contributed by atoms with Gasteiger partial charge in [0, 0.05) is 20.1 Å². The maximum Gasteiger partial charge on any atom is 0.163 e. The summed E-state index contributed by atoms with van der Waals surface area (Å²) in [5.41, 5.74) is 0.833. The molecule has 0 amide bonds. The fourth-order valence-corrected chi connectivity index (χ4v) is 2.17. The molecule has 7 nitrogen and oxygen atoms in total. The van der Waals surface area contributed by atoms with Gasteiger partial charge in [0.1, 0.15) is 11.6 Å². The fraction of sp³-hybridized carbons (Fsp3) is 0.643. The van der Waals surface area contributed by atoms with Crippen molar-refractivity contribution in [2.24, 2.45) is 7.05 Å². The Labute approximate surface area is 125 Å². The third kappa shape index (κ3) is 3.89. The van der Waals surface area contributed by atoms with E-state index in [-0.39, 0.29) is 6.10 Å². The fourth-order valence-electron chi connectivity index (χ4n) is 2.17. The molecule has 0 fully saturated rings. The number of hydrogen-bond acceptors (Lipinski definition) is 6. The van der Waals surface area contributed by atoms with E-state index >= 15 is 0 Å². The lowest BCUT2D eigenvalue weighted by atomic mass is 10.3. The van der Waals surface area contributed by atoms with Crippen molar-refractivity contribution < 1.29 is 5.11 Å². The van der Waals surface area contributed by atoms with E-state index in [0.29, 0.717) is 6.54 Å². The van der Waals surface area contributed by atoms with Crippen LogP contribution in [0.25, 0.3) is 11.0 Å². The number of fused-ring (bicyclic) bond motifs is 1. The topological polar surface area (TPSA) is 79.1 Å². The lowest BCUT2D eigenvalue weighted by molar-refractivity contribution is 0.162. The van der Waals surface area contributed by atoms with Gasteiger partial charge in [-0.05, 0) is 27.3 Å². The maximum absolute atomic E-state index is 9.35. The molecule has 7 heteroatoms. The molecule has 0 saturated carbocycles. The SMILES string of the molecule is CCNc1nc(CN(C)CCC(C)O)nc2c1cnn2C. The molecule has 0 aliphatic heterocycles. The first-order valence-corrected chi connectivity index (χ1v) is 7.30. The Balaban J connectivity index is 2.21. The zero-order valence-corrected chi connectivity index (χ0v) is 13.2. The highest BCUT2D eigenvalue weighted by molar-refractivity contribution is 5.86. The van der Waals surface area contributed by atoms with Crippen molar-refractivity contribution in [2.75, 3.05) is 25.5 Å². The maximum atomic E-state index is 9.35. The molecule has 2 N–H and O–H groups in total. The van der Waals surface area contributed by atoms with Gasteiger partial charge in [0.15, 0.2) is 5.65 Å². The number of hydrogen-bond donors (Lipinski definition) is 2. The Morgan fingerprint density at radius 3 is 2.86 bits per heavy atom. The Hall–Kier alpha value is -1.73. The quantitative estimate of drug-likeness (QED) is 0.792. The Bertz CT molecular complexity index is 594. The van der Waals surface area contributed by atoms with Crippen molar-refractivity contribution in [2.45, 2.75) is 32.9 Å². The van der Waals surface area contributed by atoms with E-state index in [0.717, 1.165) is 42.2 Å². The second-order valence-electron chi connectivity index (χ2n) is 5.40. The van der Waals surface area contributed by atoms with Crippen LogP contribution in [0.5, 0.6) is 0 Å². The summed E-state index contributed by atoms with van der Waals surface area (Å²) >= 11 is 0. The van der Waals surface area contributed by atoms with Gasteiger partial charge in [0.05, 0.1) is 24.2 Å². The van der Waals surface area contributed by atoms with Crippen molar-refractivity contribution in [1.29, 1.82) is 0 Å². The predicted octanol–water partition coefficient (Wildman–Crippen LogP) is 0.998. The molecular formula is C14H24N6O. The lowest BCUT2D eigenvalue weighted by Crippen LogP contribution is -2.23. The molecule has 21 heavy (non-hydrogen) atoms. The molecule has 0 spiro atoms. The van der Waals surface area contributed by atoms with Crippen LogP contribution in [0.4, 0.5) is 5.82 Å². The number of anilines is 1.